The molecule has 2 rings (SSSR count). The normalized spacial score (nSPS) is 20.6. The molecule has 1 aliphatic rings. The molecule has 25 heavy (non-hydrogen) atoms. The summed E-state index contributed by atoms with van der Waals surface area (Å²) in [6.45, 7) is 10.1. The first-order valence-electron chi connectivity index (χ1n) is 8.29. The standard InChI is InChI=1S/C18H25F3N2O2/c1-16(2,3)25-15(24)23-11-17(4,5)9-14(23)8-13-7-6-12(10-22-13)18(19,20)21/h6-7,10,14H,8-9,11H2,1-5H3. The molecule has 0 spiro atoms. The summed E-state index contributed by atoms with van der Waals surface area (Å²) in [6, 6.07) is 2.26. The highest BCUT2D eigenvalue weighted by molar-refractivity contribution is 5.69. The van der Waals surface area contributed by atoms with Crippen LogP contribution in [0, 0.1) is 5.41 Å². The van der Waals surface area contributed by atoms with Crippen molar-refractivity contribution in [3.8, 4) is 0 Å². The summed E-state index contributed by atoms with van der Waals surface area (Å²) < 4.78 is 43.4. The number of rotatable bonds is 2. The lowest BCUT2D eigenvalue weighted by Crippen LogP contribution is -2.41. The van der Waals surface area contributed by atoms with E-state index in [1.54, 1.807) is 25.7 Å². The fourth-order valence-electron chi connectivity index (χ4n) is 3.07. The average molecular weight is 358 g/mol. The Morgan fingerprint density at radius 3 is 2.44 bits per heavy atom. The first-order valence-corrected chi connectivity index (χ1v) is 8.29. The maximum absolute atomic E-state index is 12.6. The molecule has 1 atom stereocenters. The molecule has 7 heteroatoms. The van der Waals surface area contributed by atoms with E-state index in [-0.39, 0.29) is 11.5 Å². The second kappa shape index (κ2) is 6.50. The third-order valence-corrected chi connectivity index (χ3v) is 4.05. The van der Waals surface area contributed by atoms with Gasteiger partial charge >= 0.3 is 12.3 Å². The van der Waals surface area contributed by atoms with Crippen LogP contribution in [-0.2, 0) is 17.3 Å². The van der Waals surface area contributed by atoms with Gasteiger partial charge in [0.2, 0.25) is 0 Å². The molecular weight excluding hydrogens is 333 g/mol. The lowest BCUT2D eigenvalue weighted by atomic mass is 9.89. The van der Waals surface area contributed by atoms with Crippen LogP contribution in [0.25, 0.3) is 0 Å². The fourth-order valence-corrected chi connectivity index (χ4v) is 3.07. The molecule has 1 saturated heterocycles. The smallest absolute Gasteiger partial charge is 0.417 e. The minimum absolute atomic E-state index is 0.0759. The Bertz CT molecular complexity index is 619. The Morgan fingerprint density at radius 1 is 1.32 bits per heavy atom. The minimum atomic E-state index is -4.40. The van der Waals surface area contributed by atoms with Crippen LogP contribution < -0.4 is 0 Å². The molecule has 1 aliphatic heterocycles. The first-order chi connectivity index (χ1) is 11.3. The summed E-state index contributed by atoms with van der Waals surface area (Å²) in [6.07, 6.45) is -2.80. The summed E-state index contributed by atoms with van der Waals surface area (Å²) in [5.41, 5.74) is -0.912. The van der Waals surface area contributed by atoms with Gasteiger partial charge in [0.05, 0.1) is 5.56 Å². The number of aromatic nitrogens is 1. The number of alkyl halides is 3. The molecule has 140 valence electrons. The van der Waals surface area contributed by atoms with Gasteiger partial charge in [0.1, 0.15) is 5.60 Å². The van der Waals surface area contributed by atoms with Crippen molar-refractivity contribution in [1.29, 1.82) is 0 Å². The first kappa shape index (κ1) is 19.5. The van der Waals surface area contributed by atoms with Crippen LogP contribution in [0.5, 0.6) is 0 Å². The van der Waals surface area contributed by atoms with E-state index in [1.165, 1.54) is 6.07 Å². The zero-order valence-electron chi connectivity index (χ0n) is 15.3. The van der Waals surface area contributed by atoms with Crippen molar-refractivity contribution in [2.45, 2.75) is 65.3 Å². The van der Waals surface area contributed by atoms with E-state index in [0.717, 1.165) is 18.7 Å². The summed E-state index contributed by atoms with van der Waals surface area (Å²) in [5.74, 6) is 0. The topological polar surface area (TPSA) is 42.4 Å². The van der Waals surface area contributed by atoms with Crippen LogP contribution in [0.4, 0.5) is 18.0 Å². The number of hydrogen-bond acceptors (Lipinski definition) is 3. The summed E-state index contributed by atoms with van der Waals surface area (Å²) in [5, 5.41) is 0. The third kappa shape index (κ3) is 5.34. The maximum atomic E-state index is 12.6. The van der Waals surface area contributed by atoms with Gasteiger partial charge in [-0.25, -0.2) is 4.79 Å². The average Bonchev–Trinajstić information content (AvgIpc) is 2.71. The molecule has 1 aromatic rings. The zero-order valence-corrected chi connectivity index (χ0v) is 15.3. The predicted octanol–water partition coefficient (Wildman–Crippen LogP) is 4.68. The summed E-state index contributed by atoms with van der Waals surface area (Å²) in [7, 11) is 0. The van der Waals surface area contributed by atoms with Crippen molar-refractivity contribution in [3.63, 3.8) is 0 Å². The molecule has 4 nitrogen and oxygen atoms in total. The van der Waals surface area contributed by atoms with Gasteiger partial charge in [-0.05, 0) is 44.7 Å². The quantitative estimate of drug-likeness (QED) is 0.771. The zero-order chi connectivity index (χ0) is 19.0. The number of carbonyl (C=O) groups is 1. The molecule has 0 aliphatic carbocycles. The molecule has 1 fully saturated rings. The van der Waals surface area contributed by atoms with Gasteiger partial charge in [0.15, 0.2) is 0 Å². The molecular formula is C18H25F3N2O2. The van der Waals surface area contributed by atoms with Gasteiger partial charge < -0.3 is 9.64 Å². The molecule has 1 unspecified atom stereocenters. The van der Waals surface area contributed by atoms with Crippen molar-refractivity contribution < 1.29 is 22.7 Å². The number of carbonyl (C=O) groups excluding carboxylic acids is 1. The van der Waals surface area contributed by atoms with Crippen molar-refractivity contribution >= 4 is 6.09 Å². The highest BCUT2D eigenvalue weighted by Gasteiger charge is 2.41. The number of hydrogen-bond donors (Lipinski definition) is 0. The molecule has 0 radical (unpaired) electrons. The number of ether oxygens (including phenoxy) is 1. The number of nitrogens with zero attached hydrogens (tertiary/aromatic N) is 2. The number of halogens is 3. The SMILES string of the molecule is CC1(C)CC(Cc2ccc(C(F)(F)F)cn2)N(C(=O)OC(C)(C)C)C1. The number of likely N-dealkylation sites (tertiary alicyclic amines) is 1. The highest BCUT2D eigenvalue weighted by Crippen LogP contribution is 2.36. The minimum Gasteiger partial charge on any atom is -0.444 e. The molecule has 2 heterocycles. The van der Waals surface area contributed by atoms with Gasteiger partial charge in [0, 0.05) is 30.9 Å². The van der Waals surface area contributed by atoms with Gasteiger partial charge in [-0.15, -0.1) is 0 Å². The van der Waals surface area contributed by atoms with Gasteiger partial charge in [-0.3, -0.25) is 4.98 Å². The van der Waals surface area contributed by atoms with E-state index >= 15 is 0 Å². The van der Waals surface area contributed by atoms with Gasteiger partial charge in [-0.1, -0.05) is 13.8 Å². The Labute approximate surface area is 146 Å². The van der Waals surface area contributed by atoms with E-state index < -0.39 is 23.4 Å². The van der Waals surface area contributed by atoms with Crippen LogP contribution in [0.2, 0.25) is 0 Å². The molecule has 0 aromatic carbocycles. The lowest BCUT2D eigenvalue weighted by molar-refractivity contribution is -0.137. The largest absolute Gasteiger partial charge is 0.444 e. The molecule has 0 saturated carbocycles. The monoisotopic (exact) mass is 358 g/mol. The predicted molar refractivity (Wildman–Crippen MR) is 88.1 cm³/mol. The van der Waals surface area contributed by atoms with Crippen molar-refractivity contribution in [2.75, 3.05) is 6.54 Å². The van der Waals surface area contributed by atoms with E-state index in [9.17, 15) is 18.0 Å². The Hall–Kier alpha value is -1.79. The van der Waals surface area contributed by atoms with Gasteiger partial charge in [-0.2, -0.15) is 13.2 Å². The van der Waals surface area contributed by atoms with Crippen molar-refractivity contribution in [1.82, 2.24) is 9.88 Å². The Balaban J connectivity index is 2.14. The van der Waals surface area contributed by atoms with Crippen LogP contribution in [0.15, 0.2) is 18.3 Å². The fraction of sp³-hybridized carbons (Fsp3) is 0.667. The van der Waals surface area contributed by atoms with E-state index in [4.69, 9.17) is 4.74 Å². The molecule has 0 N–H and O–H groups in total. The Morgan fingerprint density at radius 2 is 1.96 bits per heavy atom. The third-order valence-electron chi connectivity index (χ3n) is 4.05. The molecule has 0 bridgehead atoms. The van der Waals surface area contributed by atoms with E-state index in [0.29, 0.717) is 18.7 Å². The van der Waals surface area contributed by atoms with Gasteiger partial charge in [0.25, 0.3) is 0 Å². The van der Waals surface area contributed by atoms with Crippen LogP contribution in [-0.4, -0.2) is 34.2 Å². The lowest BCUT2D eigenvalue weighted by Gasteiger charge is -2.28. The summed E-state index contributed by atoms with van der Waals surface area (Å²) >= 11 is 0. The Kier molecular flexibility index (Phi) is 5.08. The molecule has 1 aromatic heterocycles. The van der Waals surface area contributed by atoms with Crippen LogP contribution in [0.1, 0.15) is 52.3 Å². The van der Waals surface area contributed by atoms with E-state index in [2.05, 4.69) is 18.8 Å². The second-order valence-corrected chi connectivity index (χ2v) is 8.37. The van der Waals surface area contributed by atoms with Crippen LogP contribution >= 0.6 is 0 Å². The van der Waals surface area contributed by atoms with Crippen molar-refractivity contribution in [3.05, 3.63) is 29.6 Å². The summed E-state index contributed by atoms with van der Waals surface area (Å²) in [4.78, 5) is 18.1. The maximum Gasteiger partial charge on any atom is 0.417 e. The van der Waals surface area contributed by atoms with Crippen LogP contribution in [0.3, 0.4) is 0 Å². The number of pyridine rings is 1. The van der Waals surface area contributed by atoms with E-state index in [1.807, 2.05) is 0 Å². The second-order valence-electron chi connectivity index (χ2n) is 8.37. The van der Waals surface area contributed by atoms with Crippen molar-refractivity contribution in [2.24, 2.45) is 5.41 Å². The molecule has 1 amide bonds. The highest BCUT2D eigenvalue weighted by atomic mass is 19.4. The number of amides is 1.